The summed E-state index contributed by atoms with van der Waals surface area (Å²) in [5, 5.41) is 7.08. The molecular weight excluding hydrogens is 326 g/mol. The van der Waals surface area contributed by atoms with Crippen molar-refractivity contribution in [2.75, 3.05) is 0 Å². The number of hydrogen-bond donors (Lipinski definition) is 0. The first-order chi connectivity index (χ1) is 11.8. The molecule has 3 aromatic heterocycles. The van der Waals surface area contributed by atoms with Gasteiger partial charge in [-0.3, -0.25) is 0 Å². The molecule has 0 radical (unpaired) electrons. The molecule has 0 aliphatic heterocycles. The lowest BCUT2D eigenvalue weighted by molar-refractivity contribution is 0.476. The molecule has 4 aromatic rings. The number of nitrogens with zero attached hydrogens (tertiary/aromatic N) is 3. The SMILES string of the molecule is O=c1oc(-c2ccco2)nn1Cc1csc(Cc2ccccc2)n1. The normalized spacial score (nSPS) is 11.0. The van der Waals surface area contributed by atoms with Crippen LogP contribution in [0.1, 0.15) is 16.3 Å². The Kier molecular flexibility index (Phi) is 3.84. The molecule has 3 heterocycles. The molecule has 7 heteroatoms. The van der Waals surface area contributed by atoms with Gasteiger partial charge in [-0.15, -0.1) is 16.4 Å². The van der Waals surface area contributed by atoms with E-state index in [9.17, 15) is 4.79 Å². The van der Waals surface area contributed by atoms with Crippen LogP contribution in [-0.4, -0.2) is 14.8 Å². The Hall–Kier alpha value is -2.93. The van der Waals surface area contributed by atoms with E-state index >= 15 is 0 Å². The smallest absolute Gasteiger partial charge is 0.437 e. The van der Waals surface area contributed by atoms with Crippen LogP contribution in [0.5, 0.6) is 0 Å². The van der Waals surface area contributed by atoms with E-state index < -0.39 is 5.76 Å². The summed E-state index contributed by atoms with van der Waals surface area (Å²) in [6.07, 6.45) is 2.28. The van der Waals surface area contributed by atoms with Crippen molar-refractivity contribution in [2.24, 2.45) is 0 Å². The summed E-state index contributed by atoms with van der Waals surface area (Å²) in [5.74, 6) is 0.0673. The van der Waals surface area contributed by atoms with Crippen LogP contribution in [0.3, 0.4) is 0 Å². The van der Waals surface area contributed by atoms with E-state index in [0.717, 1.165) is 17.1 Å². The fraction of sp³-hybridized carbons (Fsp3) is 0.118. The highest BCUT2D eigenvalue weighted by molar-refractivity contribution is 7.09. The van der Waals surface area contributed by atoms with Crippen molar-refractivity contribution < 1.29 is 8.83 Å². The van der Waals surface area contributed by atoms with Gasteiger partial charge in [0.05, 0.1) is 23.5 Å². The zero-order valence-electron chi connectivity index (χ0n) is 12.6. The number of rotatable bonds is 5. The first-order valence-electron chi connectivity index (χ1n) is 7.37. The van der Waals surface area contributed by atoms with Crippen LogP contribution < -0.4 is 5.76 Å². The van der Waals surface area contributed by atoms with Crippen molar-refractivity contribution in [3.63, 3.8) is 0 Å². The van der Waals surface area contributed by atoms with Gasteiger partial charge in [0.15, 0.2) is 5.76 Å². The van der Waals surface area contributed by atoms with Gasteiger partial charge < -0.3 is 8.83 Å². The highest BCUT2D eigenvalue weighted by atomic mass is 32.1. The molecule has 0 amide bonds. The quantitative estimate of drug-likeness (QED) is 0.558. The molecule has 0 fully saturated rings. The van der Waals surface area contributed by atoms with Gasteiger partial charge in [0.2, 0.25) is 0 Å². The van der Waals surface area contributed by atoms with E-state index in [1.54, 1.807) is 23.5 Å². The fourth-order valence-electron chi connectivity index (χ4n) is 2.33. The lowest BCUT2D eigenvalue weighted by Gasteiger charge is -1.96. The second kappa shape index (κ2) is 6.29. The van der Waals surface area contributed by atoms with Gasteiger partial charge in [0.1, 0.15) is 0 Å². The highest BCUT2D eigenvalue weighted by Gasteiger charge is 2.14. The predicted molar refractivity (Wildman–Crippen MR) is 88.9 cm³/mol. The van der Waals surface area contributed by atoms with E-state index in [2.05, 4.69) is 22.2 Å². The molecule has 0 saturated heterocycles. The van der Waals surface area contributed by atoms with Crippen molar-refractivity contribution in [1.29, 1.82) is 0 Å². The fourth-order valence-corrected chi connectivity index (χ4v) is 3.15. The molecule has 120 valence electrons. The number of furan rings is 1. The molecule has 0 aliphatic rings. The lowest BCUT2D eigenvalue weighted by Crippen LogP contribution is -2.16. The van der Waals surface area contributed by atoms with E-state index in [0.29, 0.717) is 5.76 Å². The molecule has 0 saturated carbocycles. The molecule has 1 aromatic carbocycles. The van der Waals surface area contributed by atoms with E-state index in [1.165, 1.54) is 16.5 Å². The third-order valence-electron chi connectivity index (χ3n) is 3.45. The van der Waals surface area contributed by atoms with Gasteiger partial charge in [-0.05, 0) is 17.7 Å². The van der Waals surface area contributed by atoms with Gasteiger partial charge in [0, 0.05) is 11.8 Å². The number of aromatic nitrogens is 3. The molecule has 0 unspecified atom stereocenters. The lowest BCUT2D eigenvalue weighted by atomic mass is 10.2. The maximum Gasteiger partial charge on any atom is 0.437 e. The Morgan fingerprint density at radius 3 is 2.79 bits per heavy atom. The predicted octanol–water partition coefficient (Wildman–Crippen LogP) is 3.19. The third kappa shape index (κ3) is 3.07. The molecule has 0 aliphatic carbocycles. The standard InChI is InChI=1S/C17H13N3O3S/c21-17-20(19-16(23-17)14-7-4-8-22-14)10-13-11-24-15(18-13)9-12-5-2-1-3-6-12/h1-8,11H,9-10H2. The second-order valence-corrected chi connectivity index (χ2v) is 6.15. The molecule has 0 N–H and O–H groups in total. The van der Waals surface area contributed by atoms with Crippen molar-refractivity contribution in [2.45, 2.75) is 13.0 Å². The first kappa shape index (κ1) is 14.6. The van der Waals surface area contributed by atoms with Crippen molar-refractivity contribution in [3.8, 4) is 11.7 Å². The molecule has 4 rings (SSSR count). The summed E-state index contributed by atoms with van der Waals surface area (Å²) >= 11 is 1.57. The van der Waals surface area contributed by atoms with Crippen LogP contribution in [0.15, 0.2) is 67.7 Å². The summed E-state index contributed by atoms with van der Waals surface area (Å²) < 4.78 is 11.5. The van der Waals surface area contributed by atoms with Crippen LogP contribution >= 0.6 is 11.3 Å². The number of thiazole rings is 1. The largest absolute Gasteiger partial charge is 0.459 e. The highest BCUT2D eigenvalue weighted by Crippen LogP contribution is 2.17. The monoisotopic (exact) mass is 339 g/mol. The van der Waals surface area contributed by atoms with Crippen LogP contribution in [-0.2, 0) is 13.0 Å². The first-order valence-corrected chi connectivity index (χ1v) is 8.25. The Morgan fingerprint density at radius 2 is 2.00 bits per heavy atom. The van der Waals surface area contributed by atoms with Crippen LogP contribution in [0, 0.1) is 0 Å². The maximum absolute atomic E-state index is 11.9. The van der Waals surface area contributed by atoms with Crippen molar-refractivity contribution in [1.82, 2.24) is 14.8 Å². The second-order valence-electron chi connectivity index (χ2n) is 5.20. The van der Waals surface area contributed by atoms with Crippen LogP contribution in [0.4, 0.5) is 0 Å². The van der Waals surface area contributed by atoms with E-state index in [4.69, 9.17) is 8.83 Å². The van der Waals surface area contributed by atoms with Gasteiger partial charge >= 0.3 is 5.76 Å². The van der Waals surface area contributed by atoms with Gasteiger partial charge in [-0.1, -0.05) is 30.3 Å². The van der Waals surface area contributed by atoms with Crippen LogP contribution in [0.25, 0.3) is 11.7 Å². The number of hydrogen-bond acceptors (Lipinski definition) is 6. The van der Waals surface area contributed by atoms with Crippen LogP contribution in [0.2, 0.25) is 0 Å². The third-order valence-corrected chi connectivity index (χ3v) is 4.35. The van der Waals surface area contributed by atoms with E-state index in [1.807, 2.05) is 23.6 Å². The Bertz CT molecular complexity index is 984. The summed E-state index contributed by atoms with van der Waals surface area (Å²) in [5.41, 5.74) is 1.99. The van der Waals surface area contributed by atoms with E-state index in [-0.39, 0.29) is 12.4 Å². The zero-order chi connectivity index (χ0) is 16.4. The Balaban J connectivity index is 1.51. The van der Waals surface area contributed by atoms with Crippen molar-refractivity contribution in [3.05, 3.63) is 80.9 Å². The van der Waals surface area contributed by atoms with Gasteiger partial charge in [0.25, 0.3) is 5.89 Å². The molecule has 0 atom stereocenters. The minimum absolute atomic E-state index is 0.171. The minimum atomic E-state index is -0.529. The number of benzene rings is 1. The average Bonchev–Trinajstić information content (AvgIpc) is 3.31. The summed E-state index contributed by atoms with van der Waals surface area (Å²) in [6.45, 7) is 0.272. The molecule has 0 spiro atoms. The summed E-state index contributed by atoms with van der Waals surface area (Å²) in [7, 11) is 0. The average molecular weight is 339 g/mol. The molecule has 6 nitrogen and oxygen atoms in total. The Labute approximate surface area is 141 Å². The molecule has 0 bridgehead atoms. The maximum atomic E-state index is 11.9. The van der Waals surface area contributed by atoms with Crippen molar-refractivity contribution >= 4 is 11.3 Å². The Morgan fingerprint density at radius 1 is 1.12 bits per heavy atom. The van der Waals surface area contributed by atoms with Gasteiger partial charge in [-0.2, -0.15) is 4.68 Å². The summed E-state index contributed by atoms with van der Waals surface area (Å²) in [4.78, 5) is 16.5. The topological polar surface area (TPSA) is 74.1 Å². The zero-order valence-corrected chi connectivity index (χ0v) is 13.4. The minimum Gasteiger partial charge on any atom is -0.459 e. The molecular formula is C17H13N3O3S. The summed E-state index contributed by atoms with van der Waals surface area (Å²) in [6, 6.07) is 13.5. The molecule has 24 heavy (non-hydrogen) atoms. The van der Waals surface area contributed by atoms with Gasteiger partial charge in [-0.25, -0.2) is 9.78 Å².